The van der Waals surface area contributed by atoms with Gasteiger partial charge in [-0.1, -0.05) is 12.1 Å². The maximum Gasteiger partial charge on any atom is 0.320 e. The molecule has 5 nitrogen and oxygen atoms in total. The second-order valence-corrected chi connectivity index (χ2v) is 5.41. The summed E-state index contributed by atoms with van der Waals surface area (Å²) in [6.45, 7) is 8.70. The van der Waals surface area contributed by atoms with E-state index in [-0.39, 0.29) is 0 Å². The third kappa shape index (κ3) is 4.44. The molecule has 1 saturated heterocycles. The monoisotopic (exact) mass is 292 g/mol. The number of aliphatic carboxylic acids is 1. The number of rotatable bonds is 6. The van der Waals surface area contributed by atoms with Crippen LogP contribution in [0.25, 0.3) is 0 Å². The van der Waals surface area contributed by atoms with Crippen LogP contribution in [0.2, 0.25) is 0 Å². The number of hydrogen-bond acceptors (Lipinski definition) is 4. The highest BCUT2D eigenvalue weighted by atomic mass is 16.5. The summed E-state index contributed by atoms with van der Waals surface area (Å²) in [6, 6.07) is 7.78. The van der Waals surface area contributed by atoms with Crippen molar-refractivity contribution in [3.8, 4) is 5.75 Å². The van der Waals surface area contributed by atoms with Crippen LogP contribution in [0.1, 0.15) is 19.4 Å². The van der Waals surface area contributed by atoms with Gasteiger partial charge in [0.1, 0.15) is 11.8 Å². The first kappa shape index (κ1) is 15.8. The van der Waals surface area contributed by atoms with Gasteiger partial charge in [0.05, 0.1) is 6.61 Å². The number of nitrogens with zero attached hydrogens (tertiary/aromatic N) is 2. The van der Waals surface area contributed by atoms with Crippen LogP contribution < -0.4 is 4.74 Å². The molecule has 1 fully saturated rings. The molecule has 0 bridgehead atoms. The first-order valence-corrected chi connectivity index (χ1v) is 7.51. The van der Waals surface area contributed by atoms with E-state index in [1.165, 1.54) is 5.56 Å². The summed E-state index contributed by atoms with van der Waals surface area (Å²) < 4.78 is 5.52. The summed E-state index contributed by atoms with van der Waals surface area (Å²) in [5.74, 6) is 0.168. The number of carboxylic acids is 1. The van der Waals surface area contributed by atoms with Gasteiger partial charge in [-0.2, -0.15) is 0 Å². The Morgan fingerprint density at radius 2 is 2.05 bits per heavy atom. The molecule has 116 valence electrons. The molecule has 0 amide bonds. The van der Waals surface area contributed by atoms with Crippen molar-refractivity contribution in [3.05, 3.63) is 29.8 Å². The van der Waals surface area contributed by atoms with Crippen molar-refractivity contribution >= 4 is 5.97 Å². The summed E-state index contributed by atoms with van der Waals surface area (Å²) in [5, 5.41) is 9.05. The van der Waals surface area contributed by atoms with Crippen molar-refractivity contribution in [1.29, 1.82) is 0 Å². The number of hydrogen-bond donors (Lipinski definition) is 1. The van der Waals surface area contributed by atoms with Crippen LogP contribution in [-0.2, 0) is 11.3 Å². The molecule has 5 heteroatoms. The fourth-order valence-corrected chi connectivity index (χ4v) is 2.62. The Labute approximate surface area is 126 Å². The molecule has 1 heterocycles. The van der Waals surface area contributed by atoms with Gasteiger partial charge >= 0.3 is 5.97 Å². The molecule has 1 aliphatic heterocycles. The Morgan fingerprint density at radius 3 is 2.67 bits per heavy atom. The predicted octanol–water partition coefficient (Wildman–Crippen LogP) is 1.68. The maximum atomic E-state index is 11.0. The van der Waals surface area contributed by atoms with Gasteiger partial charge < -0.3 is 9.84 Å². The van der Waals surface area contributed by atoms with Gasteiger partial charge in [0.15, 0.2) is 0 Å². The van der Waals surface area contributed by atoms with E-state index in [1.807, 2.05) is 24.0 Å². The minimum atomic E-state index is -0.743. The highest BCUT2D eigenvalue weighted by Gasteiger charge is 2.24. The molecule has 1 N–H and O–H groups in total. The highest BCUT2D eigenvalue weighted by Crippen LogP contribution is 2.16. The number of benzene rings is 1. The molecular formula is C16H24N2O3. The van der Waals surface area contributed by atoms with Crippen molar-refractivity contribution < 1.29 is 14.6 Å². The first-order valence-electron chi connectivity index (χ1n) is 7.51. The minimum absolute atomic E-state index is 0.395. The van der Waals surface area contributed by atoms with Crippen LogP contribution in [0.15, 0.2) is 24.3 Å². The molecule has 2 rings (SSSR count). The largest absolute Gasteiger partial charge is 0.494 e. The molecule has 0 aliphatic carbocycles. The van der Waals surface area contributed by atoms with Crippen LogP contribution >= 0.6 is 0 Å². The SMILES string of the molecule is CCOc1cccc(CN2CCN(C(C)C(=O)O)CC2)c1. The van der Waals surface area contributed by atoms with Gasteiger partial charge in [-0.25, -0.2) is 0 Å². The van der Waals surface area contributed by atoms with E-state index < -0.39 is 12.0 Å². The predicted molar refractivity (Wildman–Crippen MR) is 81.6 cm³/mol. The summed E-state index contributed by atoms with van der Waals surface area (Å²) in [6.07, 6.45) is 0. The second-order valence-electron chi connectivity index (χ2n) is 5.41. The summed E-state index contributed by atoms with van der Waals surface area (Å²) in [5.41, 5.74) is 1.24. The average Bonchev–Trinajstić information content (AvgIpc) is 2.48. The maximum absolute atomic E-state index is 11.0. The van der Waals surface area contributed by atoms with E-state index in [9.17, 15) is 4.79 Å². The fourth-order valence-electron chi connectivity index (χ4n) is 2.62. The lowest BCUT2D eigenvalue weighted by molar-refractivity contribution is -0.143. The Balaban J connectivity index is 1.86. The third-order valence-corrected chi connectivity index (χ3v) is 3.93. The van der Waals surface area contributed by atoms with Crippen molar-refractivity contribution in [1.82, 2.24) is 9.80 Å². The topological polar surface area (TPSA) is 53.0 Å². The number of ether oxygens (including phenoxy) is 1. The standard InChI is InChI=1S/C16H24N2O3/c1-3-21-15-6-4-5-14(11-15)12-17-7-9-18(10-8-17)13(2)16(19)20/h4-6,11,13H,3,7-10,12H2,1-2H3,(H,19,20). The van der Waals surface area contributed by atoms with Crippen LogP contribution in [0.5, 0.6) is 5.75 Å². The first-order chi connectivity index (χ1) is 10.1. The van der Waals surface area contributed by atoms with Gasteiger partial charge in [0, 0.05) is 32.7 Å². The van der Waals surface area contributed by atoms with E-state index in [4.69, 9.17) is 9.84 Å². The minimum Gasteiger partial charge on any atom is -0.494 e. The zero-order chi connectivity index (χ0) is 15.2. The lowest BCUT2D eigenvalue weighted by atomic mass is 10.1. The van der Waals surface area contributed by atoms with Crippen LogP contribution in [-0.4, -0.2) is 59.7 Å². The lowest BCUT2D eigenvalue weighted by Crippen LogP contribution is -2.51. The van der Waals surface area contributed by atoms with E-state index >= 15 is 0 Å². The molecule has 1 unspecified atom stereocenters. The van der Waals surface area contributed by atoms with Gasteiger partial charge in [0.2, 0.25) is 0 Å². The van der Waals surface area contributed by atoms with Gasteiger partial charge in [0.25, 0.3) is 0 Å². The molecule has 21 heavy (non-hydrogen) atoms. The molecule has 0 radical (unpaired) electrons. The molecule has 1 atom stereocenters. The zero-order valence-corrected chi connectivity index (χ0v) is 12.8. The third-order valence-electron chi connectivity index (χ3n) is 3.93. The quantitative estimate of drug-likeness (QED) is 0.864. The molecule has 1 aliphatic rings. The van der Waals surface area contributed by atoms with E-state index in [2.05, 4.69) is 17.0 Å². The zero-order valence-electron chi connectivity index (χ0n) is 12.8. The average molecular weight is 292 g/mol. The van der Waals surface area contributed by atoms with Crippen molar-refractivity contribution in [2.24, 2.45) is 0 Å². The van der Waals surface area contributed by atoms with Gasteiger partial charge in [-0.05, 0) is 31.5 Å². The van der Waals surface area contributed by atoms with Crippen LogP contribution in [0, 0.1) is 0 Å². The normalized spacial score (nSPS) is 18.4. The van der Waals surface area contributed by atoms with E-state index in [1.54, 1.807) is 6.92 Å². The number of piperazine rings is 1. The summed E-state index contributed by atoms with van der Waals surface area (Å²) in [7, 11) is 0. The number of carbonyl (C=O) groups is 1. The second kappa shape index (κ2) is 7.43. The molecule has 0 aromatic heterocycles. The van der Waals surface area contributed by atoms with Crippen LogP contribution in [0.3, 0.4) is 0 Å². The summed E-state index contributed by atoms with van der Waals surface area (Å²) in [4.78, 5) is 15.4. The summed E-state index contributed by atoms with van der Waals surface area (Å²) >= 11 is 0. The molecule has 1 aromatic rings. The fraction of sp³-hybridized carbons (Fsp3) is 0.562. The Kier molecular flexibility index (Phi) is 5.59. The van der Waals surface area contributed by atoms with Crippen molar-refractivity contribution in [3.63, 3.8) is 0 Å². The smallest absolute Gasteiger partial charge is 0.320 e. The number of carboxylic acid groups (broad SMARTS) is 1. The van der Waals surface area contributed by atoms with E-state index in [0.717, 1.165) is 38.5 Å². The lowest BCUT2D eigenvalue weighted by Gasteiger charge is -2.36. The van der Waals surface area contributed by atoms with E-state index in [0.29, 0.717) is 6.61 Å². The molecule has 0 spiro atoms. The molecule has 1 aromatic carbocycles. The Bertz CT molecular complexity index is 470. The highest BCUT2D eigenvalue weighted by molar-refractivity contribution is 5.72. The molecule has 0 saturated carbocycles. The molecular weight excluding hydrogens is 268 g/mol. The Hall–Kier alpha value is -1.59. The van der Waals surface area contributed by atoms with Gasteiger partial charge in [-0.15, -0.1) is 0 Å². The Morgan fingerprint density at radius 1 is 1.33 bits per heavy atom. The van der Waals surface area contributed by atoms with Crippen molar-refractivity contribution in [2.75, 3.05) is 32.8 Å². The van der Waals surface area contributed by atoms with Gasteiger partial charge in [-0.3, -0.25) is 14.6 Å². The van der Waals surface area contributed by atoms with Crippen LogP contribution in [0.4, 0.5) is 0 Å². The van der Waals surface area contributed by atoms with Crippen molar-refractivity contribution in [2.45, 2.75) is 26.4 Å².